The van der Waals surface area contributed by atoms with Crippen LogP contribution in [0.15, 0.2) is 0 Å². The maximum atomic E-state index is 12.9. The van der Waals surface area contributed by atoms with Gasteiger partial charge in [-0.2, -0.15) is 5.26 Å². The lowest BCUT2D eigenvalue weighted by Crippen LogP contribution is -2.58. The van der Waals surface area contributed by atoms with E-state index in [1.165, 1.54) is 0 Å². The van der Waals surface area contributed by atoms with Crippen LogP contribution >= 0.6 is 0 Å². The van der Waals surface area contributed by atoms with Crippen LogP contribution in [0.1, 0.15) is 75.3 Å². The summed E-state index contributed by atoms with van der Waals surface area (Å²) in [4.78, 5) is 32.7. The number of nitrogens with one attached hydrogen (secondary N) is 1. The molecule has 1 aliphatic carbocycles. The molecular weight excluding hydrogens is 434 g/mol. The summed E-state index contributed by atoms with van der Waals surface area (Å²) in [6, 6.07) is 2.42. The maximum absolute atomic E-state index is 12.9. The number of carbonyl (C=O) groups excluding carboxylic acids is 1. The second-order valence-electron chi connectivity index (χ2n) is 10.6. The lowest BCUT2D eigenvalue weighted by atomic mass is 9.87. The van der Waals surface area contributed by atoms with Crippen LogP contribution < -0.4 is 10.2 Å². The third kappa shape index (κ3) is 4.97. The highest BCUT2D eigenvalue weighted by atomic mass is 16.5. The topological polar surface area (TPSA) is 119 Å². The summed E-state index contributed by atoms with van der Waals surface area (Å²) in [5.74, 6) is 1.34. The molecule has 9 nitrogen and oxygen atoms in total. The Balaban J connectivity index is 1.62. The number of hydrogen-bond donors (Lipinski definition) is 2. The first-order valence-corrected chi connectivity index (χ1v) is 12.2. The van der Waals surface area contributed by atoms with Gasteiger partial charge in [0.15, 0.2) is 0 Å². The predicted molar refractivity (Wildman–Crippen MR) is 127 cm³/mol. The molecule has 1 saturated carbocycles. The van der Waals surface area contributed by atoms with Crippen molar-refractivity contribution in [2.24, 2.45) is 5.92 Å². The molecule has 0 radical (unpaired) electrons. The Morgan fingerprint density at radius 1 is 1.29 bits per heavy atom. The number of aromatic nitrogens is 1. The molecule has 1 aromatic rings. The number of nitriles is 1. The zero-order chi connectivity index (χ0) is 24.6. The standard InChI is InChI=1S/C25H35N5O4/c1-15(2)20-13-29(9-10-30(20)21(31)7-8-27-24(32)33)23-18(12-26)17-11-25(3,4)34-14-19(17)22(28-23)16-5-6-16/h15-16,20,27H,5-11,13-14H2,1-4H3,(H,32,33)/t20-/m0/s1. The number of nitrogens with zero attached hydrogens (tertiary/aromatic N) is 4. The van der Waals surface area contributed by atoms with Crippen molar-refractivity contribution < 1.29 is 19.4 Å². The monoisotopic (exact) mass is 469 g/mol. The molecule has 0 bridgehead atoms. The summed E-state index contributed by atoms with van der Waals surface area (Å²) < 4.78 is 6.08. The highest BCUT2D eigenvalue weighted by Gasteiger charge is 2.39. The molecule has 184 valence electrons. The quantitative estimate of drug-likeness (QED) is 0.657. The molecule has 2 fully saturated rings. The van der Waals surface area contributed by atoms with Gasteiger partial charge in [-0.05, 0) is 38.2 Å². The summed E-state index contributed by atoms with van der Waals surface area (Å²) in [6.45, 7) is 10.6. The van der Waals surface area contributed by atoms with Crippen molar-refractivity contribution in [3.05, 3.63) is 22.4 Å². The average molecular weight is 470 g/mol. The van der Waals surface area contributed by atoms with Crippen molar-refractivity contribution in [3.63, 3.8) is 0 Å². The minimum absolute atomic E-state index is 0.0420. The number of piperazine rings is 1. The first kappa shape index (κ1) is 24.3. The number of amides is 2. The molecule has 0 unspecified atom stereocenters. The minimum Gasteiger partial charge on any atom is -0.465 e. The minimum atomic E-state index is -1.12. The molecular formula is C25H35N5O4. The Morgan fingerprint density at radius 3 is 2.65 bits per heavy atom. The molecule has 3 aliphatic rings. The Kier molecular flexibility index (Phi) is 6.72. The molecule has 2 amide bonds. The van der Waals surface area contributed by atoms with E-state index in [2.05, 4.69) is 44.0 Å². The molecule has 34 heavy (non-hydrogen) atoms. The van der Waals surface area contributed by atoms with E-state index in [4.69, 9.17) is 14.8 Å². The van der Waals surface area contributed by atoms with Crippen LogP contribution in [0.25, 0.3) is 0 Å². The van der Waals surface area contributed by atoms with E-state index in [9.17, 15) is 14.9 Å². The summed E-state index contributed by atoms with van der Waals surface area (Å²) in [7, 11) is 0. The number of fused-ring (bicyclic) bond motifs is 1. The highest BCUT2D eigenvalue weighted by Crippen LogP contribution is 2.46. The van der Waals surface area contributed by atoms with E-state index in [-0.39, 0.29) is 36.4 Å². The Hall–Kier alpha value is -2.86. The third-order valence-corrected chi connectivity index (χ3v) is 7.13. The van der Waals surface area contributed by atoms with Crippen LogP contribution in [-0.2, 0) is 22.6 Å². The number of hydrogen-bond acceptors (Lipinski definition) is 6. The van der Waals surface area contributed by atoms with Gasteiger partial charge in [0.2, 0.25) is 5.91 Å². The van der Waals surface area contributed by atoms with Crippen LogP contribution in [0.5, 0.6) is 0 Å². The van der Waals surface area contributed by atoms with Gasteiger partial charge in [-0.15, -0.1) is 0 Å². The van der Waals surface area contributed by atoms with Crippen LogP contribution in [0, 0.1) is 17.2 Å². The van der Waals surface area contributed by atoms with Gasteiger partial charge in [-0.25, -0.2) is 9.78 Å². The fourth-order valence-corrected chi connectivity index (χ4v) is 5.12. The number of ether oxygens (including phenoxy) is 1. The zero-order valence-electron chi connectivity index (χ0n) is 20.6. The van der Waals surface area contributed by atoms with Gasteiger partial charge in [0.05, 0.1) is 29.5 Å². The molecule has 3 heterocycles. The molecule has 1 aromatic heterocycles. The lowest BCUT2D eigenvalue weighted by molar-refractivity contribution is -0.134. The molecule has 0 aromatic carbocycles. The smallest absolute Gasteiger partial charge is 0.404 e. The summed E-state index contributed by atoms with van der Waals surface area (Å²) in [6.07, 6.45) is 1.94. The van der Waals surface area contributed by atoms with Gasteiger partial charge in [0.25, 0.3) is 0 Å². The third-order valence-electron chi connectivity index (χ3n) is 7.13. The van der Waals surface area contributed by atoms with Crippen LogP contribution in [0.4, 0.5) is 10.6 Å². The van der Waals surface area contributed by atoms with Gasteiger partial charge >= 0.3 is 6.09 Å². The molecule has 2 N–H and O–H groups in total. The first-order chi connectivity index (χ1) is 16.1. The number of pyridine rings is 1. The Labute approximate surface area is 201 Å². The molecule has 0 spiro atoms. The predicted octanol–water partition coefficient (Wildman–Crippen LogP) is 3.01. The van der Waals surface area contributed by atoms with E-state index in [0.29, 0.717) is 44.1 Å². The van der Waals surface area contributed by atoms with Gasteiger partial charge in [-0.1, -0.05) is 13.8 Å². The SMILES string of the molecule is CC(C)[C@@H]1CN(c2nc(C3CC3)c3c(c2C#N)CC(C)(C)OC3)CCN1C(=O)CCNC(=O)O. The lowest BCUT2D eigenvalue weighted by Gasteiger charge is -2.44. The zero-order valence-corrected chi connectivity index (χ0v) is 20.6. The number of carbonyl (C=O) groups is 2. The van der Waals surface area contributed by atoms with E-state index < -0.39 is 6.09 Å². The highest BCUT2D eigenvalue weighted by molar-refractivity contribution is 5.78. The molecule has 1 atom stereocenters. The summed E-state index contributed by atoms with van der Waals surface area (Å²) in [5, 5.41) is 21.3. The van der Waals surface area contributed by atoms with Gasteiger partial charge in [0, 0.05) is 50.5 Å². The van der Waals surface area contributed by atoms with Crippen LogP contribution in [-0.4, -0.2) is 64.8 Å². The van der Waals surface area contributed by atoms with Crippen molar-refractivity contribution >= 4 is 17.8 Å². The first-order valence-electron chi connectivity index (χ1n) is 12.2. The number of carboxylic acid groups (broad SMARTS) is 1. The van der Waals surface area contributed by atoms with Gasteiger partial charge in [0.1, 0.15) is 11.9 Å². The van der Waals surface area contributed by atoms with Crippen molar-refractivity contribution in [2.45, 2.75) is 77.5 Å². The average Bonchev–Trinajstić information content (AvgIpc) is 3.61. The number of anilines is 1. The van der Waals surface area contributed by atoms with E-state index in [0.717, 1.165) is 35.5 Å². The Bertz CT molecular complexity index is 1010. The molecule has 4 rings (SSSR count). The molecule has 1 saturated heterocycles. The van der Waals surface area contributed by atoms with Crippen molar-refractivity contribution in [2.75, 3.05) is 31.1 Å². The summed E-state index contributed by atoms with van der Waals surface area (Å²) in [5.41, 5.74) is 3.57. The van der Waals surface area contributed by atoms with Crippen LogP contribution in [0.2, 0.25) is 0 Å². The van der Waals surface area contributed by atoms with E-state index in [1.807, 2.05) is 4.90 Å². The fourth-order valence-electron chi connectivity index (χ4n) is 5.12. The van der Waals surface area contributed by atoms with E-state index in [1.54, 1.807) is 0 Å². The Morgan fingerprint density at radius 2 is 2.03 bits per heavy atom. The maximum Gasteiger partial charge on any atom is 0.404 e. The summed E-state index contributed by atoms with van der Waals surface area (Å²) >= 11 is 0. The van der Waals surface area contributed by atoms with Crippen molar-refractivity contribution in [3.8, 4) is 6.07 Å². The normalized spacial score (nSPS) is 21.7. The second kappa shape index (κ2) is 9.41. The van der Waals surface area contributed by atoms with Gasteiger partial charge in [-0.3, -0.25) is 4.79 Å². The molecule has 2 aliphatic heterocycles. The second-order valence-corrected chi connectivity index (χ2v) is 10.6. The van der Waals surface area contributed by atoms with E-state index >= 15 is 0 Å². The van der Waals surface area contributed by atoms with Crippen molar-refractivity contribution in [1.82, 2.24) is 15.2 Å². The van der Waals surface area contributed by atoms with Crippen molar-refractivity contribution in [1.29, 1.82) is 5.26 Å². The van der Waals surface area contributed by atoms with Gasteiger partial charge < -0.3 is 25.0 Å². The number of rotatable bonds is 6. The molecule has 9 heteroatoms. The largest absolute Gasteiger partial charge is 0.465 e. The fraction of sp³-hybridized carbons (Fsp3) is 0.680. The van der Waals surface area contributed by atoms with Crippen LogP contribution in [0.3, 0.4) is 0 Å².